The molecule has 0 amide bonds. The predicted octanol–water partition coefficient (Wildman–Crippen LogP) is 0.907. The molecule has 0 heterocycles. The van der Waals surface area contributed by atoms with Gasteiger partial charge in [0, 0.05) is 13.1 Å². The summed E-state index contributed by atoms with van der Waals surface area (Å²) in [5.41, 5.74) is 0. The maximum absolute atomic E-state index is 9.11. The summed E-state index contributed by atoms with van der Waals surface area (Å²) in [6.07, 6.45) is 0.951. The molecule has 0 fully saturated rings. The average Bonchev–Trinajstić information content (AvgIpc) is 2.07. The Morgan fingerprint density at radius 3 is 1.29 bits per heavy atom. The van der Waals surface area contributed by atoms with Gasteiger partial charge in [0.25, 0.3) is 0 Å². The summed E-state index contributed by atoms with van der Waals surface area (Å²) in [5.74, 6) is 0. The van der Waals surface area contributed by atoms with Crippen LogP contribution in [0.1, 0.15) is 13.8 Å². The number of rotatable bonds is 2. The summed E-state index contributed by atoms with van der Waals surface area (Å²) >= 11 is 0. The van der Waals surface area contributed by atoms with Gasteiger partial charge in [-0.1, -0.05) is 0 Å². The van der Waals surface area contributed by atoms with Crippen LogP contribution in [0, 0.1) is 0 Å². The Bertz CT molecular complexity index is 194. The van der Waals surface area contributed by atoms with Crippen LogP contribution in [0.15, 0.2) is 9.98 Å². The first-order chi connectivity index (χ1) is 6.56. The zero-order valence-corrected chi connectivity index (χ0v) is 7.93. The van der Waals surface area contributed by atoms with Crippen LogP contribution in [-0.2, 0) is 9.59 Å². The Morgan fingerprint density at radius 2 is 1.29 bits per heavy atom. The van der Waals surface area contributed by atoms with Gasteiger partial charge in [-0.05, 0) is 13.8 Å². The van der Waals surface area contributed by atoms with Gasteiger partial charge < -0.3 is 10.2 Å². The first-order valence-corrected chi connectivity index (χ1v) is 3.55. The van der Waals surface area contributed by atoms with E-state index in [0.29, 0.717) is 13.1 Å². The van der Waals surface area contributed by atoms with Crippen LogP contribution in [-0.4, -0.2) is 41.6 Å². The van der Waals surface area contributed by atoms with Crippen molar-refractivity contribution in [2.45, 2.75) is 13.8 Å². The van der Waals surface area contributed by atoms with Crippen molar-refractivity contribution in [1.82, 2.24) is 0 Å². The monoisotopic (exact) mass is 204 g/mol. The van der Waals surface area contributed by atoms with Gasteiger partial charge in [-0.25, -0.2) is 24.4 Å². The minimum atomic E-state index is -1.83. The number of isocyanates is 2. The molecule has 14 heavy (non-hydrogen) atoms. The largest absolute Gasteiger partial charge is 0.503 e. The van der Waals surface area contributed by atoms with Gasteiger partial charge in [-0.2, -0.15) is 0 Å². The highest BCUT2D eigenvalue weighted by Crippen LogP contribution is 1.53. The van der Waals surface area contributed by atoms with Crippen molar-refractivity contribution in [1.29, 1.82) is 0 Å². The molecular weight excluding hydrogens is 192 g/mol. The summed E-state index contributed by atoms with van der Waals surface area (Å²) in [7, 11) is 0. The second-order valence-corrected chi connectivity index (χ2v) is 1.41. The number of carbonyl (C=O) groups is 1. The molecule has 7 nitrogen and oxygen atoms in total. The topological polar surface area (TPSA) is 116 Å². The van der Waals surface area contributed by atoms with Crippen LogP contribution in [0.3, 0.4) is 0 Å². The fourth-order valence-electron chi connectivity index (χ4n) is 0.129. The molecule has 80 valence electrons. The predicted molar refractivity (Wildman–Crippen MR) is 48.0 cm³/mol. The van der Waals surface area contributed by atoms with Crippen molar-refractivity contribution in [3.63, 3.8) is 0 Å². The van der Waals surface area contributed by atoms with Crippen LogP contribution in [0.25, 0.3) is 0 Å². The normalized spacial score (nSPS) is 5.86. The van der Waals surface area contributed by atoms with E-state index in [1.807, 2.05) is 0 Å². The average molecular weight is 204 g/mol. The third kappa shape index (κ3) is 198. The van der Waals surface area contributed by atoms with Crippen LogP contribution in [0.5, 0.6) is 0 Å². The van der Waals surface area contributed by atoms with Gasteiger partial charge >= 0.3 is 6.16 Å². The van der Waals surface area contributed by atoms with E-state index in [2.05, 4.69) is 9.98 Å². The first-order valence-electron chi connectivity index (χ1n) is 3.55. The van der Waals surface area contributed by atoms with Crippen molar-refractivity contribution < 1.29 is 24.6 Å². The minimum Gasteiger partial charge on any atom is -0.450 e. The van der Waals surface area contributed by atoms with Gasteiger partial charge in [0.15, 0.2) is 0 Å². The van der Waals surface area contributed by atoms with Crippen molar-refractivity contribution in [3.05, 3.63) is 0 Å². The summed E-state index contributed by atoms with van der Waals surface area (Å²) in [5, 5.41) is 13.9. The third-order valence-electron chi connectivity index (χ3n) is 0.445. The van der Waals surface area contributed by atoms with E-state index < -0.39 is 6.16 Å². The van der Waals surface area contributed by atoms with Crippen LogP contribution in [0.2, 0.25) is 0 Å². The standard InChI is InChI=1S/2C3H5NO.CH2O3/c2*1-2-4-3-5;2-1(3)4/h2*2H2,1H3;(H2,2,3,4). The smallest absolute Gasteiger partial charge is 0.450 e. The van der Waals surface area contributed by atoms with E-state index >= 15 is 0 Å². The molecule has 0 aromatic rings. The zero-order chi connectivity index (χ0) is 11.8. The SMILES string of the molecule is CCN=C=O.CCN=C=O.O=C(O)O. The highest BCUT2D eigenvalue weighted by atomic mass is 16.6. The quantitative estimate of drug-likeness (QED) is 0.512. The van der Waals surface area contributed by atoms with E-state index in [-0.39, 0.29) is 0 Å². The lowest BCUT2D eigenvalue weighted by molar-refractivity contribution is 0.137. The van der Waals surface area contributed by atoms with E-state index in [1.54, 1.807) is 13.8 Å². The molecule has 0 atom stereocenters. The molecule has 0 rings (SSSR count). The van der Waals surface area contributed by atoms with Gasteiger partial charge in [-0.15, -0.1) is 0 Å². The fourth-order valence-corrected chi connectivity index (χ4v) is 0.129. The third-order valence-corrected chi connectivity index (χ3v) is 0.445. The van der Waals surface area contributed by atoms with Crippen molar-refractivity contribution in [3.8, 4) is 0 Å². The Kier molecular flexibility index (Phi) is 28.8. The molecule has 0 saturated carbocycles. The lowest BCUT2D eigenvalue weighted by atomic mass is 10.8. The lowest BCUT2D eigenvalue weighted by Crippen LogP contribution is -1.81. The van der Waals surface area contributed by atoms with Crippen LogP contribution < -0.4 is 0 Å². The second-order valence-electron chi connectivity index (χ2n) is 1.41. The molecule has 0 radical (unpaired) electrons. The molecular formula is C7H12N2O5. The molecule has 0 aliphatic carbocycles. The van der Waals surface area contributed by atoms with Crippen LogP contribution in [0.4, 0.5) is 4.79 Å². The highest BCUT2D eigenvalue weighted by Gasteiger charge is 1.70. The molecule has 0 aromatic carbocycles. The number of carboxylic acid groups (broad SMARTS) is 2. The molecule has 0 aromatic heterocycles. The van der Waals surface area contributed by atoms with Gasteiger partial charge in [0.2, 0.25) is 12.2 Å². The Balaban J connectivity index is -0.000000131. The molecule has 0 bridgehead atoms. The summed E-state index contributed by atoms with van der Waals surface area (Å²) in [4.78, 5) is 33.1. The maximum atomic E-state index is 9.11. The number of aliphatic imine (C=N–C) groups is 2. The number of hydrogen-bond acceptors (Lipinski definition) is 5. The molecule has 2 N–H and O–H groups in total. The number of hydrogen-bond donors (Lipinski definition) is 2. The summed E-state index contributed by atoms with van der Waals surface area (Å²) < 4.78 is 0. The van der Waals surface area contributed by atoms with E-state index in [9.17, 15) is 0 Å². The van der Waals surface area contributed by atoms with Crippen molar-refractivity contribution in [2.75, 3.05) is 13.1 Å². The summed E-state index contributed by atoms with van der Waals surface area (Å²) in [6.45, 7) is 4.66. The van der Waals surface area contributed by atoms with Crippen molar-refractivity contribution in [2.24, 2.45) is 9.98 Å². The Labute approximate surface area is 80.8 Å². The molecule has 7 heteroatoms. The van der Waals surface area contributed by atoms with Gasteiger partial charge in [0.05, 0.1) is 0 Å². The molecule has 0 saturated heterocycles. The molecule has 0 aliphatic rings. The van der Waals surface area contributed by atoms with E-state index in [4.69, 9.17) is 24.6 Å². The number of carbonyl (C=O) groups excluding carboxylic acids is 2. The minimum absolute atomic E-state index is 0.545. The molecule has 0 aliphatic heterocycles. The van der Waals surface area contributed by atoms with E-state index in [0.717, 1.165) is 0 Å². The van der Waals surface area contributed by atoms with Crippen molar-refractivity contribution >= 4 is 18.3 Å². The Morgan fingerprint density at radius 1 is 1.07 bits per heavy atom. The summed E-state index contributed by atoms with van der Waals surface area (Å²) in [6, 6.07) is 0. The Hall–Kier alpha value is -1.97. The molecule has 0 unspecified atom stereocenters. The zero-order valence-electron chi connectivity index (χ0n) is 7.93. The fraction of sp³-hybridized carbons (Fsp3) is 0.571. The lowest BCUT2D eigenvalue weighted by Gasteiger charge is -1.60. The van der Waals surface area contributed by atoms with E-state index in [1.165, 1.54) is 12.2 Å². The maximum Gasteiger partial charge on any atom is 0.503 e. The molecule has 0 spiro atoms. The second kappa shape index (κ2) is 22.5. The van der Waals surface area contributed by atoms with Gasteiger partial charge in [-0.3, -0.25) is 0 Å². The van der Waals surface area contributed by atoms with Crippen LogP contribution >= 0.6 is 0 Å². The highest BCUT2D eigenvalue weighted by molar-refractivity contribution is 5.53. The van der Waals surface area contributed by atoms with Gasteiger partial charge in [0.1, 0.15) is 0 Å². The number of nitrogens with zero attached hydrogens (tertiary/aromatic N) is 2. The first kappa shape index (κ1) is 17.9.